The summed E-state index contributed by atoms with van der Waals surface area (Å²) in [6, 6.07) is 0.363. The predicted molar refractivity (Wildman–Crippen MR) is 49.7 cm³/mol. The van der Waals surface area contributed by atoms with Gasteiger partial charge >= 0.3 is 4.87 Å². The van der Waals surface area contributed by atoms with Crippen molar-refractivity contribution >= 4 is 17.2 Å². The SMILES string of the molecule is O=C(Cn1ccsc1=O)NC1CC1. The molecule has 0 bridgehead atoms. The van der Waals surface area contributed by atoms with Crippen LogP contribution >= 0.6 is 11.3 Å². The average molecular weight is 198 g/mol. The molecule has 1 fully saturated rings. The molecular weight excluding hydrogens is 188 g/mol. The maximum Gasteiger partial charge on any atom is 0.307 e. The van der Waals surface area contributed by atoms with Crippen LogP contribution in [0.5, 0.6) is 0 Å². The van der Waals surface area contributed by atoms with E-state index in [4.69, 9.17) is 0 Å². The lowest BCUT2D eigenvalue weighted by atomic mass is 10.5. The maximum absolute atomic E-state index is 11.2. The van der Waals surface area contributed by atoms with Gasteiger partial charge in [-0.05, 0) is 12.8 Å². The van der Waals surface area contributed by atoms with Gasteiger partial charge in [-0.2, -0.15) is 0 Å². The fraction of sp³-hybridized carbons (Fsp3) is 0.500. The van der Waals surface area contributed by atoms with Gasteiger partial charge in [-0.1, -0.05) is 11.3 Å². The van der Waals surface area contributed by atoms with Crippen LogP contribution in [0.1, 0.15) is 12.8 Å². The second-order valence-corrected chi connectivity index (χ2v) is 4.00. The molecule has 4 nitrogen and oxygen atoms in total. The van der Waals surface area contributed by atoms with Gasteiger partial charge in [0.15, 0.2) is 0 Å². The number of hydrogen-bond acceptors (Lipinski definition) is 3. The van der Waals surface area contributed by atoms with Crippen molar-refractivity contribution in [2.75, 3.05) is 0 Å². The summed E-state index contributed by atoms with van der Waals surface area (Å²) in [5.41, 5.74) is 0. The van der Waals surface area contributed by atoms with E-state index < -0.39 is 0 Å². The zero-order valence-corrected chi connectivity index (χ0v) is 7.84. The quantitative estimate of drug-likeness (QED) is 0.753. The Labute approximate surface area is 79.2 Å². The van der Waals surface area contributed by atoms with E-state index in [0.717, 1.165) is 24.2 Å². The van der Waals surface area contributed by atoms with Crippen molar-refractivity contribution in [1.82, 2.24) is 9.88 Å². The molecule has 5 heteroatoms. The molecule has 1 aromatic rings. The number of carbonyl (C=O) groups excluding carboxylic acids is 1. The standard InChI is InChI=1S/C8H10N2O2S/c11-7(9-6-1-2-6)5-10-3-4-13-8(10)12/h3-4,6H,1-2,5H2,(H,9,11). The second kappa shape index (κ2) is 3.33. The second-order valence-electron chi connectivity index (χ2n) is 3.14. The molecule has 1 aromatic heterocycles. The third-order valence-corrected chi connectivity index (χ3v) is 2.59. The molecule has 0 spiro atoms. The summed E-state index contributed by atoms with van der Waals surface area (Å²) in [4.78, 5) is 22.2. The van der Waals surface area contributed by atoms with Gasteiger partial charge in [0.05, 0.1) is 0 Å². The molecule has 1 heterocycles. The summed E-state index contributed by atoms with van der Waals surface area (Å²) in [5.74, 6) is -0.0667. The number of hydrogen-bond donors (Lipinski definition) is 1. The van der Waals surface area contributed by atoms with Gasteiger partial charge in [0.25, 0.3) is 0 Å². The Morgan fingerprint density at radius 2 is 2.46 bits per heavy atom. The van der Waals surface area contributed by atoms with Crippen molar-refractivity contribution in [3.05, 3.63) is 21.2 Å². The van der Waals surface area contributed by atoms with Gasteiger partial charge in [0, 0.05) is 17.6 Å². The molecular formula is C8H10N2O2S. The zero-order chi connectivity index (χ0) is 9.26. The van der Waals surface area contributed by atoms with Crippen molar-refractivity contribution in [2.24, 2.45) is 0 Å². The fourth-order valence-electron chi connectivity index (χ4n) is 1.06. The van der Waals surface area contributed by atoms with Gasteiger partial charge in [-0.3, -0.25) is 14.2 Å². The highest BCUT2D eigenvalue weighted by atomic mass is 32.1. The summed E-state index contributed by atoms with van der Waals surface area (Å²) in [6.45, 7) is 0.152. The monoisotopic (exact) mass is 198 g/mol. The molecule has 13 heavy (non-hydrogen) atoms. The minimum Gasteiger partial charge on any atom is -0.352 e. The largest absolute Gasteiger partial charge is 0.352 e. The van der Waals surface area contributed by atoms with Gasteiger partial charge < -0.3 is 5.32 Å². The van der Waals surface area contributed by atoms with E-state index in [2.05, 4.69) is 5.32 Å². The van der Waals surface area contributed by atoms with E-state index in [1.54, 1.807) is 11.6 Å². The van der Waals surface area contributed by atoms with E-state index in [0.29, 0.717) is 6.04 Å². The summed E-state index contributed by atoms with van der Waals surface area (Å²) in [7, 11) is 0. The van der Waals surface area contributed by atoms with E-state index in [1.807, 2.05) is 0 Å². The Morgan fingerprint density at radius 3 is 3.00 bits per heavy atom. The molecule has 1 aliphatic rings. The van der Waals surface area contributed by atoms with Gasteiger partial charge in [0.2, 0.25) is 5.91 Å². The lowest BCUT2D eigenvalue weighted by Gasteiger charge is -2.02. The lowest BCUT2D eigenvalue weighted by molar-refractivity contribution is -0.121. The van der Waals surface area contributed by atoms with Crippen LogP contribution in [0.4, 0.5) is 0 Å². The van der Waals surface area contributed by atoms with Crippen LogP contribution < -0.4 is 10.2 Å². The smallest absolute Gasteiger partial charge is 0.307 e. The zero-order valence-electron chi connectivity index (χ0n) is 7.03. The number of rotatable bonds is 3. The maximum atomic E-state index is 11.2. The molecule has 1 aliphatic carbocycles. The first kappa shape index (κ1) is 8.50. The van der Waals surface area contributed by atoms with Gasteiger partial charge in [0.1, 0.15) is 6.54 Å². The molecule has 1 N–H and O–H groups in total. The molecule has 0 aliphatic heterocycles. The highest BCUT2D eigenvalue weighted by Crippen LogP contribution is 2.18. The van der Waals surface area contributed by atoms with Crippen LogP contribution in [-0.2, 0) is 11.3 Å². The number of amides is 1. The molecule has 0 saturated heterocycles. The number of thiazole rings is 1. The van der Waals surface area contributed by atoms with E-state index in [-0.39, 0.29) is 17.3 Å². The van der Waals surface area contributed by atoms with E-state index in [1.165, 1.54) is 4.57 Å². The molecule has 70 valence electrons. The Hall–Kier alpha value is -1.10. The minimum absolute atomic E-state index is 0.0667. The Morgan fingerprint density at radius 1 is 1.69 bits per heavy atom. The van der Waals surface area contributed by atoms with Crippen molar-refractivity contribution in [2.45, 2.75) is 25.4 Å². The minimum atomic E-state index is -0.0778. The molecule has 0 aromatic carbocycles. The molecule has 1 amide bonds. The van der Waals surface area contributed by atoms with Crippen molar-refractivity contribution in [1.29, 1.82) is 0 Å². The summed E-state index contributed by atoms with van der Waals surface area (Å²) in [5, 5.41) is 4.51. The van der Waals surface area contributed by atoms with E-state index >= 15 is 0 Å². The first-order valence-corrected chi connectivity index (χ1v) is 5.07. The van der Waals surface area contributed by atoms with Crippen LogP contribution in [-0.4, -0.2) is 16.5 Å². The normalized spacial score (nSPS) is 15.7. The summed E-state index contributed by atoms with van der Waals surface area (Å²) < 4.78 is 1.42. The third-order valence-electron chi connectivity index (χ3n) is 1.90. The lowest BCUT2D eigenvalue weighted by Crippen LogP contribution is -2.31. The Balaban J connectivity index is 1.93. The van der Waals surface area contributed by atoms with Gasteiger partial charge in [-0.15, -0.1) is 0 Å². The van der Waals surface area contributed by atoms with Crippen LogP contribution in [0.15, 0.2) is 16.4 Å². The number of aromatic nitrogens is 1. The van der Waals surface area contributed by atoms with Crippen molar-refractivity contribution in [3.8, 4) is 0 Å². The average Bonchev–Trinajstić information content (AvgIpc) is 2.79. The van der Waals surface area contributed by atoms with Crippen molar-refractivity contribution in [3.63, 3.8) is 0 Å². The Bertz CT molecular complexity index is 364. The topological polar surface area (TPSA) is 51.1 Å². The predicted octanol–water partition coefficient (Wildman–Crippen LogP) is 0.188. The third kappa shape index (κ3) is 2.18. The first-order chi connectivity index (χ1) is 6.25. The number of nitrogens with one attached hydrogen (secondary N) is 1. The molecule has 0 atom stereocenters. The van der Waals surface area contributed by atoms with Crippen LogP contribution in [0.3, 0.4) is 0 Å². The van der Waals surface area contributed by atoms with Crippen LogP contribution in [0, 0.1) is 0 Å². The van der Waals surface area contributed by atoms with E-state index in [9.17, 15) is 9.59 Å². The first-order valence-electron chi connectivity index (χ1n) is 4.19. The van der Waals surface area contributed by atoms with Crippen molar-refractivity contribution < 1.29 is 4.79 Å². The van der Waals surface area contributed by atoms with Crippen LogP contribution in [0.25, 0.3) is 0 Å². The summed E-state index contributed by atoms with van der Waals surface area (Å²) in [6.07, 6.45) is 3.79. The molecule has 1 saturated carbocycles. The molecule has 2 rings (SSSR count). The molecule has 0 unspecified atom stereocenters. The highest BCUT2D eigenvalue weighted by Gasteiger charge is 2.23. The highest BCUT2D eigenvalue weighted by molar-refractivity contribution is 7.07. The Kier molecular flexibility index (Phi) is 2.18. The summed E-state index contributed by atoms with van der Waals surface area (Å²) >= 11 is 1.11. The van der Waals surface area contributed by atoms with Crippen LogP contribution in [0.2, 0.25) is 0 Å². The van der Waals surface area contributed by atoms with Gasteiger partial charge in [-0.25, -0.2) is 0 Å². The number of nitrogens with zero attached hydrogens (tertiary/aromatic N) is 1. The molecule has 0 radical (unpaired) electrons. The number of carbonyl (C=O) groups is 1. The fourth-order valence-corrected chi connectivity index (χ4v) is 1.65.